The Hall–Kier alpha value is -2.40. The summed E-state index contributed by atoms with van der Waals surface area (Å²) in [4.78, 5) is 4.19. The van der Waals surface area contributed by atoms with Gasteiger partial charge in [-0.1, -0.05) is 0 Å². The van der Waals surface area contributed by atoms with Crippen molar-refractivity contribution in [3.05, 3.63) is 42.4 Å². The average Bonchev–Trinajstić information content (AvgIpc) is 2.78. The molecule has 2 aromatic heterocycles. The molecule has 0 radical (unpaired) electrons. The Bertz CT molecular complexity index is 748. The van der Waals surface area contributed by atoms with Crippen LogP contribution in [0.15, 0.2) is 36.7 Å². The molecule has 3 rings (SSSR count). The predicted octanol–water partition coefficient (Wildman–Crippen LogP) is 2.74. The van der Waals surface area contributed by atoms with Crippen molar-refractivity contribution >= 4 is 16.6 Å². The number of nitrogens with one attached hydrogen (secondary N) is 1. The molecule has 0 aliphatic rings. The van der Waals surface area contributed by atoms with Crippen LogP contribution in [0.2, 0.25) is 0 Å². The Labute approximate surface area is 110 Å². The van der Waals surface area contributed by atoms with E-state index in [0.29, 0.717) is 5.69 Å². The van der Waals surface area contributed by atoms with E-state index in [2.05, 4.69) is 15.6 Å². The van der Waals surface area contributed by atoms with Crippen LogP contribution in [0.4, 0.5) is 5.69 Å². The number of hydrogen-bond acceptors (Lipinski definition) is 4. The summed E-state index contributed by atoms with van der Waals surface area (Å²) in [5.74, 6) is 0. The molecule has 2 N–H and O–H groups in total. The second-order valence-electron chi connectivity index (χ2n) is 4.52. The molecule has 0 unspecified atom stereocenters. The molecule has 96 valence electrons. The van der Waals surface area contributed by atoms with E-state index in [1.807, 2.05) is 42.9 Å². The zero-order valence-electron chi connectivity index (χ0n) is 10.8. The van der Waals surface area contributed by atoms with Crippen LogP contribution in [0.1, 0.15) is 5.69 Å². The number of rotatable bonds is 2. The number of anilines is 1. The Morgan fingerprint density at radius 3 is 2.84 bits per heavy atom. The third-order valence-electron chi connectivity index (χ3n) is 3.21. The molecular weight excluding hydrogens is 240 g/mol. The normalized spacial score (nSPS) is 10.9. The van der Waals surface area contributed by atoms with Gasteiger partial charge in [-0.2, -0.15) is 5.10 Å². The molecule has 0 aliphatic carbocycles. The van der Waals surface area contributed by atoms with E-state index in [4.69, 9.17) is 0 Å². The summed E-state index contributed by atoms with van der Waals surface area (Å²) in [5, 5.41) is 14.5. The minimum Gasteiger partial charge on any atom is -0.291 e. The number of nitrogens with zero attached hydrogens (tertiary/aromatic N) is 3. The summed E-state index contributed by atoms with van der Waals surface area (Å²) in [6.45, 7) is 1.94. The first kappa shape index (κ1) is 11.7. The molecule has 0 bridgehead atoms. The van der Waals surface area contributed by atoms with Gasteiger partial charge >= 0.3 is 0 Å². The fourth-order valence-corrected chi connectivity index (χ4v) is 2.24. The lowest BCUT2D eigenvalue weighted by Gasteiger charge is -2.10. The van der Waals surface area contributed by atoms with Gasteiger partial charge in [-0.25, -0.2) is 0 Å². The first-order valence-corrected chi connectivity index (χ1v) is 5.98. The number of pyridine rings is 1. The van der Waals surface area contributed by atoms with Crippen molar-refractivity contribution in [1.82, 2.24) is 14.8 Å². The fourth-order valence-electron chi connectivity index (χ4n) is 2.24. The van der Waals surface area contributed by atoms with Crippen molar-refractivity contribution in [1.29, 1.82) is 0 Å². The van der Waals surface area contributed by atoms with Crippen LogP contribution in [-0.2, 0) is 7.05 Å². The molecule has 0 spiro atoms. The van der Waals surface area contributed by atoms with Crippen molar-refractivity contribution in [2.24, 2.45) is 7.05 Å². The van der Waals surface area contributed by atoms with Gasteiger partial charge in [0.25, 0.3) is 0 Å². The van der Waals surface area contributed by atoms with Gasteiger partial charge in [0.1, 0.15) is 0 Å². The highest BCUT2D eigenvalue weighted by atomic mass is 16.5. The minimum atomic E-state index is 0.658. The lowest BCUT2D eigenvalue weighted by atomic mass is 10.0. The quantitative estimate of drug-likeness (QED) is 0.690. The van der Waals surface area contributed by atoms with E-state index in [9.17, 15) is 5.21 Å². The molecule has 0 saturated carbocycles. The van der Waals surface area contributed by atoms with Crippen molar-refractivity contribution in [2.75, 3.05) is 5.48 Å². The van der Waals surface area contributed by atoms with Gasteiger partial charge < -0.3 is 0 Å². The first-order chi connectivity index (χ1) is 9.19. The average molecular weight is 254 g/mol. The molecule has 1 aromatic carbocycles. The van der Waals surface area contributed by atoms with E-state index >= 15 is 0 Å². The molecule has 0 atom stereocenters. The number of aromatic nitrogens is 3. The molecule has 2 heterocycles. The maximum Gasteiger partial charge on any atom is 0.0688 e. The van der Waals surface area contributed by atoms with Crippen LogP contribution in [0.5, 0.6) is 0 Å². The van der Waals surface area contributed by atoms with Gasteiger partial charge in [0, 0.05) is 29.9 Å². The zero-order chi connectivity index (χ0) is 13.4. The van der Waals surface area contributed by atoms with E-state index in [1.54, 1.807) is 12.4 Å². The number of hydrogen-bond donors (Lipinski definition) is 2. The first-order valence-electron chi connectivity index (χ1n) is 5.98. The van der Waals surface area contributed by atoms with Gasteiger partial charge in [-0.15, -0.1) is 0 Å². The van der Waals surface area contributed by atoms with Gasteiger partial charge in [-0.05, 0) is 36.8 Å². The van der Waals surface area contributed by atoms with Gasteiger partial charge in [0.2, 0.25) is 0 Å². The summed E-state index contributed by atoms with van der Waals surface area (Å²) in [6, 6.07) is 7.80. The van der Waals surface area contributed by atoms with E-state index in [1.165, 1.54) is 0 Å². The van der Waals surface area contributed by atoms with Crippen LogP contribution in [0.25, 0.3) is 22.0 Å². The van der Waals surface area contributed by atoms with Crippen molar-refractivity contribution < 1.29 is 5.21 Å². The summed E-state index contributed by atoms with van der Waals surface area (Å²) >= 11 is 0. The maximum absolute atomic E-state index is 9.32. The summed E-state index contributed by atoms with van der Waals surface area (Å²) < 4.78 is 1.81. The highest BCUT2D eigenvalue weighted by Gasteiger charge is 2.09. The largest absolute Gasteiger partial charge is 0.291 e. The lowest BCUT2D eigenvalue weighted by Crippen LogP contribution is -1.95. The topological polar surface area (TPSA) is 63.0 Å². The predicted molar refractivity (Wildman–Crippen MR) is 74.1 cm³/mol. The van der Waals surface area contributed by atoms with Gasteiger partial charge in [-0.3, -0.25) is 20.4 Å². The summed E-state index contributed by atoms with van der Waals surface area (Å²) in [7, 11) is 1.90. The van der Waals surface area contributed by atoms with E-state index < -0.39 is 0 Å². The van der Waals surface area contributed by atoms with E-state index in [-0.39, 0.29) is 0 Å². The Morgan fingerprint density at radius 1 is 1.26 bits per heavy atom. The number of aryl methyl sites for hydroxylation is 2. The van der Waals surface area contributed by atoms with E-state index in [0.717, 1.165) is 27.7 Å². The molecule has 19 heavy (non-hydrogen) atoms. The third-order valence-corrected chi connectivity index (χ3v) is 3.21. The van der Waals surface area contributed by atoms with Crippen LogP contribution in [0.3, 0.4) is 0 Å². The van der Waals surface area contributed by atoms with Crippen LogP contribution < -0.4 is 5.48 Å². The van der Waals surface area contributed by atoms with Crippen LogP contribution in [0, 0.1) is 6.92 Å². The molecule has 0 aliphatic heterocycles. The Balaban J connectivity index is 2.29. The Morgan fingerprint density at radius 2 is 2.11 bits per heavy atom. The highest BCUT2D eigenvalue weighted by molar-refractivity contribution is 5.92. The van der Waals surface area contributed by atoms with Crippen molar-refractivity contribution in [3.8, 4) is 11.1 Å². The molecule has 5 heteroatoms. The fraction of sp³-hybridized carbons (Fsp3) is 0.143. The molecular formula is C14H14N4O. The maximum atomic E-state index is 9.32. The van der Waals surface area contributed by atoms with Crippen molar-refractivity contribution in [2.45, 2.75) is 6.92 Å². The SMILES string of the molecule is Cc1cc(-c2cc3c(cnn3C)cc2NO)ccn1. The van der Waals surface area contributed by atoms with Crippen LogP contribution >= 0.6 is 0 Å². The monoisotopic (exact) mass is 254 g/mol. The lowest BCUT2D eigenvalue weighted by molar-refractivity contribution is 0.389. The summed E-state index contributed by atoms with van der Waals surface area (Å²) in [6.07, 6.45) is 3.54. The second-order valence-corrected chi connectivity index (χ2v) is 4.52. The molecule has 5 nitrogen and oxygen atoms in total. The zero-order valence-corrected chi connectivity index (χ0v) is 10.8. The number of fused-ring (bicyclic) bond motifs is 1. The standard InChI is InChI=1S/C14H14N4O/c1-9-5-10(3-4-15-9)12-7-14-11(6-13(12)17-19)8-16-18(14)2/h3-8,17,19H,1-2H3. The van der Waals surface area contributed by atoms with Gasteiger partial charge in [0.15, 0.2) is 0 Å². The molecule has 0 saturated heterocycles. The molecule has 3 aromatic rings. The molecule has 0 fully saturated rings. The highest BCUT2D eigenvalue weighted by Crippen LogP contribution is 2.32. The smallest absolute Gasteiger partial charge is 0.0688 e. The number of benzene rings is 1. The summed E-state index contributed by atoms with van der Waals surface area (Å²) in [5.41, 5.74) is 6.80. The third kappa shape index (κ3) is 1.94. The van der Waals surface area contributed by atoms with Crippen molar-refractivity contribution in [3.63, 3.8) is 0 Å². The van der Waals surface area contributed by atoms with Gasteiger partial charge in [0.05, 0.1) is 17.4 Å². The molecule has 0 amide bonds. The Kier molecular flexibility index (Phi) is 2.68. The minimum absolute atomic E-state index is 0.658. The van der Waals surface area contributed by atoms with Crippen LogP contribution in [-0.4, -0.2) is 20.0 Å². The second kappa shape index (κ2) is 4.37.